The zero-order chi connectivity index (χ0) is 18.9. The van der Waals surface area contributed by atoms with Gasteiger partial charge in [-0.05, 0) is 37.3 Å². The summed E-state index contributed by atoms with van der Waals surface area (Å²) in [6.45, 7) is 1.52. The summed E-state index contributed by atoms with van der Waals surface area (Å²) in [5.74, 6) is -0.517. The third kappa shape index (κ3) is 3.37. The molecule has 0 aliphatic carbocycles. The Kier molecular flexibility index (Phi) is 4.37. The van der Waals surface area contributed by atoms with E-state index in [4.69, 9.17) is 0 Å². The number of nitrogens with one attached hydrogen (secondary N) is 2. The van der Waals surface area contributed by atoms with Gasteiger partial charge in [0.2, 0.25) is 0 Å². The number of rotatable bonds is 3. The number of carbonyl (C=O) groups is 1. The summed E-state index contributed by atoms with van der Waals surface area (Å²) in [5, 5.41) is 5.06. The molecule has 0 spiro atoms. The van der Waals surface area contributed by atoms with Crippen molar-refractivity contribution in [3.05, 3.63) is 75.8 Å². The molecule has 3 aromatic rings. The fraction of sp³-hybridized carbons (Fsp3) is 0.118. The number of amides is 1. The van der Waals surface area contributed by atoms with Crippen molar-refractivity contribution in [2.24, 2.45) is 0 Å². The fourth-order valence-electron chi connectivity index (χ4n) is 2.43. The molecule has 2 N–H and O–H groups in total. The third-order valence-electron chi connectivity index (χ3n) is 3.62. The Morgan fingerprint density at radius 1 is 1.19 bits per heavy atom. The van der Waals surface area contributed by atoms with Crippen LogP contribution in [0.4, 0.5) is 18.9 Å². The molecule has 26 heavy (non-hydrogen) atoms. The molecule has 2 heterocycles. The maximum Gasteiger partial charge on any atom is 0.416 e. The van der Waals surface area contributed by atoms with Crippen molar-refractivity contribution in [3.8, 4) is 5.82 Å². The van der Waals surface area contributed by atoms with E-state index in [9.17, 15) is 22.8 Å². The van der Waals surface area contributed by atoms with Crippen LogP contribution in [0, 0.1) is 6.92 Å². The van der Waals surface area contributed by atoms with E-state index in [2.05, 4.69) is 15.4 Å². The number of carbonyl (C=O) groups excluding carboxylic acids is 1. The molecule has 0 aliphatic heterocycles. The van der Waals surface area contributed by atoms with Crippen LogP contribution in [-0.4, -0.2) is 20.7 Å². The highest BCUT2D eigenvalue weighted by Crippen LogP contribution is 2.30. The van der Waals surface area contributed by atoms with Crippen LogP contribution in [-0.2, 0) is 6.18 Å². The second kappa shape index (κ2) is 6.51. The number of aromatic nitrogens is 3. The van der Waals surface area contributed by atoms with Gasteiger partial charge in [-0.2, -0.15) is 13.2 Å². The normalized spacial score (nSPS) is 11.4. The number of anilines is 1. The van der Waals surface area contributed by atoms with Crippen molar-refractivity contribution < 1.29 is 18.0 Å². The number of nitrogens with zero attached hydrogens (tertiary/aromatic N) is 2. The lowest BCUT2D eigenvalue weighted by atomic mass is 10.2. The first-order chi connectivity index (χ1) is 12.3. The Balaban J connectivity index is 1.92. The predicted octanol–water partition coefficient (Wildman–Crippen LogP) is 3.14. The summed E-state index contributed by atoms with van der Waals surface area (Å²) >= 11 is 0. The highest BCUT2D eigenvalue weighted by atomic mass is 19.4. The molecule has 0 bridgehead atoms. The van der Waals surface area contributed by atoms with Gasteiger partial charge in [0.15, 0.2) is 5.82 Å². The molecule has 0 atom stereocenters. The van der Waals surface area contributed by atoms with Crippen LogP contribution in [0.15, 0.2) is 53.5 Å². The van der Waals surface area contributed by atoms with E-state index in [0.29, 0.717) is 5.82 Å². The molecule has 1 amide bonds. The number of hydrogen-bond acceptors (Lipinski definition) is 3. The lowest BCUT2D eigenvalue weighted by molar-refractivity contribution is -0.137. The van der Waals surface area contributed by atoms with Crippen LogP contribution in [0.5, 0.6) is 0 Å². The molecule has 0 saturated carbocycles. The van der Waals surface area contributed by atoms with Gasteiger partial charge in [0, 0.05) is 17.6 Å². The minimum atomic E-state index is -4.53. The minimum Gasteiger partial charge on any atom is -0.322 e. The van der Waals surface area contributed by atoms with E-state index in [1.807, 2.05) is 0 Å². The lowest BCUT2D eigenvalue weighted by Gasteiger charge is -2.09. The van der Waals surface area contributed by atoms with Crippen molar-refractivity contribution in [1.82, 2.24) is 14.8 Å². The van der Waals surface area contributed by atoms with E-state index < -0.39 is 23.2 Å². The Morgan fingerprint density at radius 2 is 1.96 bits per heavy atom. The van der Waals surface area contributed by atoms with Gasteiger partial charge in [-0.15, -0.1) is 0 Å². The van der Waals surface area contributed by atoms with Gasteiger partial charge >= 0.3 is 6.18 Å². The molecular weight excluding hydrogens is 349 g/mol. The first-order valence-electron chi connectivity index (χ1n) is 7.49. The fourth-order valence-corrected chi connectivity index (χ4v) is 2.43. The molecule has 134 valence electrons. The van der Waals surface area contributed by atoms with Gasteiger partial charge < -0.3 is 5.32 Å². The number of alkyl halides is 3. The van der Waals surface area contributed by atoms with Crippen LogP contribution < -0.4 is 10.9 Å². The molecule has 6 nitrogen and oxygen atoms in total. The summed E-state index contributed by atoms with van der Waals surface area (Å²) in [6, 6.07) is 9.11. The van der Waals surface area contributed by atoms with Crippen molar-refractivity contribution in [2.45, 2.75) is 13.1 Å². The second-order valence-corrected chi connectivity index (χ2v) is 5.47. The Bertz CT molecular complexity index is 1010. The van der Waals surface area contributed by atoms with E-state index in [1.54, 1.807) is 18.2 Å². The maximum absolute atomic E-state index is 12.8. The average molecular weight is 362 g/mol. The first-order valence-corrected chi connectivity index (χ1v) is 7.49. The van der Waals surface area contributed by atoms with Gasteiger partial charge in [-0.25, -0.2) is 9.67 Å². The molecule has 1 aromatic carbocycles. The van der Waals surface area contributed by atoms with Crippen molar-refractivity contribution in [1.29, 1.82) is 0 Å². The molecular formula is C17H13F3N4O2. The van der Waals surface area contributed by atoms with Gasteiger partial charge in [0.25, 0.3) is 11.5 Å². The van der Waals surface area contributed by atoms with Gasteiger partial charge in [-0.3, -0.25) is 14.7 Å². The van der Waals surface area contributed by atoms with Gasteiger partial charge in [-0.1, -0.05) is 12.1 Å². The zero-order valence-corrected chi connectivity index (χ0v) is 13.5. The monoisotopic (exact) mass is 362 g/mol. The Morgan fingerprint density at radius 3 is 2.62 bits per heavy atom. The van der Waals surface area contributed by atoms with E-state index in [-0.39, 0.29) is 16.9 Å². The van der Waals surface area contributed by atoms with Crippen molar-refractivity contribution in [2.75, 3.05) is 5.32 Å². The summed E-state index contributed by atoms with van der Waals surface area (Å²) in [4.78, 5) is 28.9. The number of benzene rings is 1. The Labute approximate surface area is 145 Å². The van der Waals surface area contributed by atoms with Gasteiger partial charge in [0.1, 0.15) is 5.56 Å². The van der Waals surface area contributed by atoms with Crippen LogP contribution in [0.25, 0.3) is 5.82 Å². The molecule has 0 saturated heterocycles. The molecule has 0 unspecified atom stereocenters. The maximum atomic E-state index is 12.8. The second-order valence-electron chi connectivity index (χ2n) is 5.47. The Hall–Kier alpha value is -3.36. The quantitative estimate of drug-likeness (QED) is 0.751. The highest BCUT2D eigenvalue weighted by molar-refractivity contribution is 6.04. The summed E-state index contributed by atoms with van der Waals surface area (Å²) in [5.41, 5.74) is -1.54. The standard InChI is InChI=1S/C17H13F3N4O2/c1-10-14(16(26)24(23-10)13-7-2-3-8-21-13)15(25)22-12-6-4-5-11(9-12)17(18,19)20/h2-9,23H,1H3,(H,22,25). The zero-order valence-electron chi connectivity index (χ0n) is 13.5. The summed E-state index contributed by atoms with van der Waals surface area (Å²) < 4.78 is 39.4. The lowest BCUT2D eigenvalue weighted by Crippen LogP contribution is -2.24. The van der Waals surface area contributed by atoms with Crippen LogP contribution in [0.3, 0.4) is 0 Å². The topological polar surface area (TPSA) is 79.8 Å². The number of aromatic amines is 1. The SMILES string of the molecule is Cc1[nH]n(-c2ccccn2)c(=O)c1C(=O)Nc1cccc(C(F)(F)F)c1. The van der Waals surface area contributed by atoms with Crippen LogP contribution in [0.2, 0.25) is 0 Å². The summed E-state index contributed by atoms with van der Waals surface area (Å²) in [6.07, 6.45) is -3.04. The number of halogens is 3. The van der Waals surface area contributed by atoms with E-state index in [1.165, 1.54) is 25.3 Å². The van der Waals surface area contributed by atoms with Crippen molar-refractivity contribution in [3.63, 3.8) is 0 Å². The van der Waals surface area contributed by atoms with E-state index >= 15 is 0 Å². The molecule has 0 fully saturated rings. The number of hydrogen-bond donors (Lipinski definition) is 2. The molecule has 3 rings (SSSR count). The largest absolute Gasteiger partial charge is 0.416 e. The highest BCUT2D eigenvalue weighted by Gasteiger charge is 2.30. The minimum absolute atomic E-state index is 0.0609. The van der Waals surface area contributed by atoms with Gasteiger partial charge in [0.05, 0.1) is 5.56 Å². The summed E-state index contributed by atoms with van der Waals surface area (Å²) in [7, 11) is 0. The molecule has 2 aromatic heterocycles. The number of H-pyrrole nitrogens is 1. The van der Waals surface area contributed by atoms with Crippen LogP contribution >= 0.6 is 0 Å². The molecule has 0 radical (unpaired) electrons. The number of pyridine rings is 1. The molecule has 9 heteroatoms. The average Bonchev–Trinajstić information content (AvgIpc) is 2.89. The van der Waals surface area contributed by atoms with Crippen LogP contribution in [0.1, 0.15) is 21.6 Å². The smallest absolute Gasteiger partial charge is 0.322 e. The predicted molar refractivity (Wildman–Crippen MR) is 88.3 cm³/mol. The van der Waals surface area contributed by atoms with E-state index in [0.717, 1.165) is 16.8 Å². The number of aryl methyl sites for hydroxylation is 1. The van der Waals surface area contributed by atoms with Crippen molar-refractivity contribution >= 4 is 11.6 Å². The first kappa shape index (κ1) is 17.5. The molecule has 0 aliphatic rings. The third-order valence-corrected chi connectivity index (χ3v) is 3.62.